The van der Waals surface area contributed by atoms with E-state index in [4.69, 9.17) is 14.2 Å². The lowest BCUT2D eigenvalue weighted by atomic mass is 9.45. The molecule has 1 heterocycles. The van der Waals surface area contributed by atoms with Crippen LogP contribution in [0, 0.1) is 28.6 Å². The Morgan fingerprint density at radius 3 is 2.29 bits per heavy atom. The molecular formula is C30H37BrO3. The summed E-state index contributed by atoms with van der Waals surface area (Å²) in [6.07, 6.45) is 7.39. The minimum Gasteiger partial charge on any atom is -0.496 e. The van der Waals surface area contributed by atoms with E-state index in [9.17, 15) is 0 Å². The summed E-state index contributed by atoms with van der Waals surface area (Å²) in [7, 11) is 3.48. The van der Waals surface area contributed by atoms with Crippen molar-refractivity contribution in [2.24, 2.45) is 28.6 Å². The predicted octanol–water partition coefficient (Wildman–Crippen LogP) is 7.99. The van der Waals surface area contributed by atoms with E-state index in [-0.39, 0.29) is 11.5 Å². The van der Waals surface area contributed by atoms with E-state index in [1.807, 2.05) is 6.07 Å². The summed E-state index contributed by atoms with van der Waals surface area (Å²) < 4.78 is 19.9. The molecule has 0 amide bonds. The average molecular weight is 526 g/mol. The van der Waals surface area contributed by atoms with Crippen molar-refractivity contribution in [2.45, 2.75) is 70.8 Å². The highest BCUT2D eigenvalue weighted by Gasteiger charge is 2.65. The Balaban J connectivity index is 1.56. The topological polar surface area (TPSA) is 27.7 Å². The van der Waals surface area contributed by atoms with Crippen molar-refractivity contribution < 1.29 is 14.2 Å². The van der Waals surface area contributed by atoms with Gasteiger partial charge in [0.2, 0.25) is 0 Å². The van der Waals surface area contributed by atoms with Crippen molar-refractivity contribution >= 4 is 15.9 Å². The summed E-state index contributed by atoms with van der Waals surface area (Å²) in [6.45, 7) is 7.54. The fourth-order valence-electron chi connectivity index (χ4n) is 8.62. The molecule has 3 nitrogen and oxygen atoms in total. The van der Waals surface area contributed by atoms with Crippen molar-refractivity contribution in [1.82, 2.24) is 0 Å². The van der Waals surface area contributed by atoms with E-state index in [1.165, 1.54) is 36.8 Å². The Hall–Kier alpha value is -1.68. The average Bonchev–Trinajstić information content (AvgIpc) is 2.89. The van der Waals surface area contributed by atoms with Gasteiger partial charge in [0.05, 0.1) is 14.2 Å². The van der Waals surface area contributed by atoms with Gasteiger partial charge in [-0.15, -0.1) is 0 Å². The molecule has 1 spiro atoms. The van der Waals surface area contributed by atoms with Crippen LogP contribution < -0.4 is 14.2 Å². The van der Waals surface area contributed by atoms with Gasteiger partial charge in [0.15, 0.2) is 0 Å². The lowest BCUT2D eigenvalue weighted by Crippen LogP contribution is -2.57. The highest BCUT2D eigenvalue weighted by atomic mass is 79.9. The highest BCUT2D eigenvalue weighted by molar-refractivity contribution is 9.10. The molecule has 0 saturated heterocycles. The second kappa shape index (κ2) is 7.66. The van der Waals surface area contributed by atoms with Gasteiger partial charge < -0.3 is 14.2 Å². The van der Waals surface area contributed by atoms with E-state index in [0.29, 0.717) is 16.7 Å². The first kappa shape index (κ1) is 22.8. The maximum atomic E-state index is 7.29. The minimum atomic E-state index is -0.159. The molecule has 0 aromatic heterocycles. The zero-order valence-electron chi connectivity index (χ0n) is 21.1. The van der Waals surface area contributed by atoms with Crippen LogP contribution in [0.5, 0.6) is 17.2 Å². The molecule has 3 saturated carbocycles. The van der Waals surface area contributed by atoms with Gasteiger partial charge in [0.25, 0.3) is 0 Å². The lowest BCUT2D eigenvalue weighted by molar-refractivity contribution is -0.128. The van der Waals surface area contributed by atoms with Crippen LogP contribution in [0.2, 0.25) is 0 Å². The van der Waals surface area contributed by atoms with Gasteiger partial charge in [-0.3, -0.25) is 0 Å². The third kappa shape index (κ3) is 3.06. The molecule has 4 heteroatoms. The van der Waals surface area contributed by atoms with Crippen LogP contribution in [0.25, 0.3) is 0 Å². The number of benzene rings is 2. The molecule has 2 unspecified atom stereocenters. The maximum absolute atomic E-state index is 7.29. The SMILES string of the molecule is COc1cc(OC)c2c(c1Br)O[C@]13CCC4C(CC4(C)C)[C@](C)(CC[C@H]1[C@@H]2c1ccccc1)C3. The molecule has 4 aliphatic rings. The van der Waals surface area contributed by atoms with Gasteiger partial charge in [-0.1, -0.05) is 51.1 Å². The van der Waals surface area contributed by atoms with E-state index >= 15 is 0 Å². The van der Waals surface area contributed by atoms with Crippen LogP contribution in [0.1, 0.15) is 76.3 Å². The molecule has 1 aliphatic heterocycles. The quantitative estimate of drug-likeness (QED) is 0.407. The third-order valence-corrected chi connectivity index (χ3v) is 11.0. The van der Waals surface area contributed by atoms with Crippen LogP contribution in [0.15, 0.2) is 40.9 Å². The van der Waals surface area contributed by atoms with Crippen molar-refractivity contribution in [3.8, 4) is 17.2 Å². The molecular weight excluding hydrogens is 488 g/mol. The Morgan fingerprint density at radius 1 is 0.912 bits per heavy atom. The first-order valence-electron chi connectivity index (χ1n) is 12.9. The molecule has 6 rings (SSSR count). The van der Waals surface area contributed by atoms with Crippen LogP contribution >= 0.6 is 15.9 Å². The van der Waals surface area contributed by atoms with E-state index in [2.05, 4.69) is 67.0 Å². The van der Waals surface area contributed by atoms with Gasteiger partial charge in [0, 0.05) is 23.5 Å². The van der Waals surface area contributed by atoms with Crippen molar-refractivity contribution in [3.63, 3.8) is 0 Å². The van der Waals surface area contributed by atoms with Crippen molar-refractivity contribution in [2.75, 3.05) is 14.2 Å². The second-order valence-electron chi connectivity index (χ2n) is 12.3. The summed E-state index contributed by atoms with van der Waals surface area (Å²) in [4.78, 5) is 0. The zero-order valence-corrected chi connectivity index (χ0v) is 22.7. The first-order chi connectivity index (χ1) is 16.2. The first-order valence-corrected chi connectivity index (χ1v) is 13.7. The van der Waals surface area contributed by atoms with E-state index < -0.39 is 0 Å². The fourth-order valence-corrected chi connectivity index (χ4v) is 9.19. The Morgan fingerprint density at radius 2 is 1.62 bits per heavy atom. The number of rotatable bonds is 3. The van der Waals surface area contributed by atoms with Gasteiger partial charge in [-0.2, -0.15) is 0 Å². The molecule has 2 aromatic carbocycles. The van der Waals surface area contributed by atoms with Crippen LogP contribution in [-0.4, -0.2) is 19.8 Å². The summed E-state index contributed by atoms with van der Waals surface area (Å²) >= 11 is 3.88. The fraction of sp³-hybridized carbons (Fsp3) is 0.600. The maximum Gasteiger partial charge on any atom is 0.145 e. The lowest BCUT2D eigenvalue weighted by Gasteiger charge is -2.61. The van der Waals surface area contributed by atoms with Crippen LogP contribution in [0.3, 0.4) is 0 Å². The van der Waals surface area contributed by atoms with Gasteiger partial charge >= 0.3 is 0 Å². The summed E-state index contributed by atoms with van der Waals surface area (Å²) in [5.41, 5.74) is 3.18. The molecule has 3 aliphatic carbocycles. The highest BCUT2D eigenvalue weighted by Crippen LogP contribution is 2.71. The second-order valence-corrected chi connectivity index (χ2v) is 13.1. The zero-order chi connectivity index (χ0) is 23.9. The number of fused-ring (bicyclic) bond motifs is 4. The molecule has 34 heavy (non-hydrogen) atoms. The Kier molecular flexibility index (Phi) is 5.13. The standard InChI is InChI=1S/C30H37BrO3/c1-28(2)16-21-19(28)12-14-30-17-29(21,3)13-11-20(30)24(18-9-7-6-8-10-18)25-22(32-4)15-23(33-5)26(31)27(25)34-30/h6-10,15,19-21,24H,11-14,16-17H2,1-5H3/t19?,20-,21?,24-,29+,30-/m0/s1. The molecule has 0 N–H and O–H groups in total. The monoisotopic (exact) mass is 524 g/mol. The summed E-state index contributed by atoms with van der Waals surface area (Å²) in [5, 5.41) is 0. The number of hydrogen-bond acceptors (Lipinski definition) is 3. The van der Waals surface area contributed by atoms with Crippen LogP contribution in [0.4, 0.5) is 0 Å². The third-order valence-electron chi connectivity index (χ3n) is 10.2. The molecule has 2 bridgehead atoms. The molecule has 182 valence electrons. The van der Waals surface area contributed by atoms with Crippen molar-refractivity contribution in [3.05, 3.63) is 52.0 Å². The minimum absolute atomic E-state index is 0.159. The molecule has 6 atom stereocenters. The molecule has 3 fully saturated rings. The van der Waals surface area contributed by atoms with Crippen LogP contribution in [-0.2, 0) is 0 Å². The van der Waals surface area contributed by atoms with Gasteiger partial charge in [-0.25, -0.2) is 0 Å². The molecule has 0 radical (unpaired) electrons. The smallest absolute Gasteiger partial charge is 0.145 e. The normalized spacial score (nSPS) is 37.1. The Labute approximate surface area is 212 Å². The van der Waals surface area contributed by atoms with E-state index in [0.717, 1.165) is 46.4 Å². The number of hydrogen-bond donors (Lipinski definition) is 0. The summed E-state index contributed by atoms with van der Waals surface area (Å²) in [5.74, 6) is 4.87. The van der Waals surface area contributed by atoms with Gasteiger partial charge in [-0.05, 0) is 82.7 Å². The summed E-state index contributed by atoms with van der Waals surface area (Å²) in [6, 6.07) is 13.1. The largest absolute Gasteiger partial charge is 0.496 e. The number of methoxy groups -OCH3 is 2. The number of ether oxygens (including phenoxy) is 3. The Bertz CT molecular complexity index is 1110. The van der Waals surface area contributed by atoms with Gasteiger partial charge in [0.1, 0.15) is 27.3 Å². The van der Waals surface area contributed by atoms with E-state index in [1.54, 1.807) is 14.2 Å². The predicted molar refractivity (Wildman–Crippen MR) is 139 cm³/mol. The number of halogens is 1. The molecule has 2 aromatic rings. The van der Waals surface area contributed by atoms with Crippen molar-refractivity contribution in [1.29, 1.82) is 0 Å².